The van der Waals surface area contributed by atoms with Crippen molar-refractivity contribution in [2.75, 3.05) is 13.2 Å². The van der Waals surface area contributed by atoms with Crippen molar-refractivity contribution in [3.8, 4) is 0 Å². The van der Waals surface area contributed by atoms with E-state index in [4.69, 9.17) is 9.47 Å². The second-order valence-electron chi connectivity index (χ2n) is 17.2. The maximum absolute atomic E-state index is 13.1. The molecule has 8 atom stereocenters. The van der Waals surface area contributed by atoms with Crippen LogP contribution in [0.25, 0.3) is 0 Å². The molecule has 0 aromatic rings. The van der Waals surface area contributed by atoms with Crippen molar-refractivity contribution in [1.29, 1.82) is 0 Å². The van der Waals surface area contributed by atoms with Gasteiger partial charge in [-0.3, -0.25) is 4.79 Å². The average molecular weight is 838 g/mol. The molecule has 346 valence electrons. The van der Waals surface area contributed by atoms with Crippen LogP contribution < -0.4 is 5.32 Å². The summed E-state index contributed by atoms with van der Waals surface area (Å²) in [5.74, 6) is -0.631. The standard InChI is InChI=1S/C49H91NO9/c1-4-6-8-10-12-13-14-15-16-17-18-19-20-21-22-23-24-26-28-32-37-43(53)48(57)50-41(39-58-49-47(56)46(55)45(54)44(38-51)59-49)42(52)36-33-29-31-35-40(3)34-30-27-25-11-9-7-5-2/h30,33-36,41-47,49,51-56H,4-29,31-32,37-39H2,1-3H3,(H,50,57)/b34-30+,36-33+,40-35+/t41-,42+,43+,44+,45-,46-,47+,49+/m0/s1. The summed E-state index contributed by atoms with van der Waals surface area (Å²) < 4.78 is 11.1. The van der Waals surface area contributed by atoms with Gasteiger partial charge in [0.15, 0.2) is 6.29 Å². The minimum Gasteiger partial charge on any atom is -0.394 e. The van der Waals surface area contributed by atoms with E-state index in [1.165, 1.54) is 140 Å². The van der Waals surface area contributed by atoms with Gasteiger partial charge in [-0.1, -0.05) is 204 Å². The maximum atomic E-state index is 13.1. The van der Waals surface area contributed by atoms with Crippen LogP contribution in [0.5, 0.6) is 0 Å². The van der Waals surface area contributed by atoms with Gasteiger partial charge in [-0.2, -0.15) is 0 Å². The Balaban J connectivity index is 2.42. The topological polar surface area (TPSA) is 169 Å². The van der Waals surface area contributed by atoms with Crippen molar-refractivity contribution >= 4 is 5.91 Å². The van der Waals surface area contributed by atoms with Gasteiger partial charge < -0.3 is 45.4 Å². The molecule has 1 rings (SSSR count). The zero-order valence-corrected chi connectivity index (χ0v) is 37.8. The Kier molecular flexibility index (Phi) is 35.7. The monoisotopic (exact) mass is 838 g/mol. The lowest BCUT2D eigenvalue weighted by molar-refractivity contribution is -0.302. The minimum absolute atomic E-state index is 0.302. The molecule has 0 bridgehead atoms. The lowest BCUT2D eigenvalue weighted by Crippen LogP contribution is -2.60. The number of allylic oxidation sites excluding steroid dienone is 5. The summed E-state index contributed by atoms with van der Waals surface area (Å²) in [5, 5.41) is 64.8. The number of hydrogen-bond acceptors (Lipinski definition) is 9. The Morgan fingerprint density at radius 2 is 1.14 bits per heavy atom. The fourth-order valence-electron chi connectivity index (χ4n) is 7.61. The largest absolute Gasteiger partial charge is 0.394 e. The summed E-state index contributed by atoms with van der Waals surface area (Å²) in [5.41, 5.74) is 1.18. The van der Waals surface area contributed by atoms with E-state index in [9.17, 15) is 35.4 Å². The van der Waals surface area contributed by atoms with Crippen LogP contribution in [-0.2, 0) is 14.3 Å². The summed E-state index contributed by atoms with van der Waals surface area (Å²) in [6.45, 7) is 5.63. The SMILES string of the molecule is CCCCCCC/C=C/C(C)=C/CC/C=C/[C@@H](O)[C@H](CO[C@@H]1O[C@H](CO)[C@H](O)[C@H](O)[C@H]1O)NC(=O)[C@H](O)CCCCCCCCCCCCCCCCCCCCCC. The fourth-order valence-corrected chi connectivity index (χ4v) is 7.61. The normalized spacial score (nSPS) is 21.7. The van der Waals surface area contributed by atoms with E-state index in [1.807, 2.05) is 6.08 Å². The number of hydrogen-bond donors (Lipinski definition) is 7. The van der Waals surface area contributed by atoms with Crippen LogP contribution in [0.4, 0.5) is 0 Å². The highest BCUT2D eigenvalue weighted by molar-refractivity contribution is 5.80. The van der Waals surface area contributed by atoms with Crippen molar-refractivity contribution in [3.05, 3.63) is 36.0 Å². The summed E-state index contributed by atoms with van der Waals surface area (Å²) in [7, 11) is 0. The average Bonchev–Trinajstić information content (AvgIpc) is 3.23. The molecular formula is C49H91NO9. The summed E-state index contributed by atoms with van der Waals surface area (Å²) in [6, 6.07) is -1.01. The molecule has 1 aliphatic rings. The van der Waals surface area contributed by atoms with E-state index < -0.39 is 61.5 Å². The number of unbranched alkanes of at least 4 members (excludes halogenated alkanes) is 25. The number of nitrogens with one attached hydrogen (secondary N) is 1. The van der Waals surface area contributed by atoms with Gasteiger partial charge in [0.25, 0.3) is 0 Å². The highest BCUT2D eigenvalue weighted by Crippen LogP contribution is 2.23. The predicted molar refractivity (Wildman–Crippen MR) is 241 cm³/mol. The van der Waals surface area contributed by atoms with E-state index in [0.29, 0.717) is 19.3 Å². The number of rotatable bonds is 39. The first-order chi connectivity index (χ1) is 28.7. The first kappa shape index (κ1) is 55.4. The molecule has 10 heteroatoms. The summed E-state index contributed by atoms with van der Waals surface area (Å²) in [4.78, 5) is 13.1. The molecule has 1 fully saturated rings. The van der Waals surface area contributed by atoms with Crippen LogP contribution in [0.1, 0.15) is 207 Å². The second-order valence-corrected chi connectivity index (χ2v) is 17.2. The van der Waals surface area contributed by atoms with Gasteiger partial charge in [0.2, 0.25) is 5.91 Å². The molecule has 1 heterocycles. The molecule has 59 heavy (non-hydrogen) atoms. The van der Waals surface area contributed by atoms with E-state index in [-0.39, 0.29) is 6.61 Å². The third kappa shape index (κ3) is 28.6. The molecule has 0 aliphatic carbocycles. The molecule has 7 N–H and O–H groups in total. The summed E-state index contributed by atoms with van der Waals surface area (Å²) >= 11 is 0. The van der Waals surface area contributed by atoms with Gasteiger partial charge in [0.1, 0.15) is 30.5 Å². The van der Waals surface area contributed by atoms with E-state index in [0.717, 1.165) is 32.1 Å². The van der Waals surface area contributed by atoms with Crippen LogP contribution in [0.15, 0.2) is 36.0 Å². The van der Waals surface area contributed by atoms with Crippen molar-refractivity contribution in [3.63, 3.8) is 0 Å². The molecule has 1 aliphatic heterocycles. The van der Waals surface area contributed by atoms with Crippen molar-refractivity contribution < 1.29 is 44.9 Å². The van der Waals surface area contributed by atoms with Gasteiger partial charge in [0.05, 0.1) is 25.4 Å². The first-order valence-corrected chi connectivity index (χ1v) is 24.2. The van der Waals surface area contributed by atoms with E-state index in [1.54, 1.807) is 6.08 Å². The van der Waals surface area contributed by atoms with Crippen LogP contribution in [0.3, 0.4) is 0 Å². The Bertz CT molecular complexity index is 1070. The molecule has 0 radical (unpaired) electrons. The molecule has 0 aromatic heterocycles. The molecular weight excluding hydrogens is 747 g/mol. The lowest BCUT2D eigenvalue weighted by Gasteiger charge is -2.40. The Hall–Kier alpha value is -1.63. The van der Waals surface area contributed by atoms with Crippen LogP contribution in [0.2, 0.25) is 0 Å². The Morgan fingerprint density at radius 3 is 1.64 bits per heavy atom. The third-order valence-electron chi connectivity index (χ3n) is 11.7. The predicted octanol–water partition coefficient (Wildman–Crippen LogP) is 9.42. The highest BCUT2D eigenvalue weighted by atomic mass is 16.7. The van der Waals surface area contributed by atoms with Gasteiger partial charge in [-0.05, 0) is 39.0 Å². The second kappa shape index (κ2) is 38.1. The molecule has 0 unspecified atom stereocenters. The minimum atomic E-state index is -1.62. The van der Waals surface area contributed by atoms with Gasteiger partial charge >= 0.3 is 0 Å². The summed E-state index contributed by atoms with van der Waals surface area (Å²) in [6.07, 6.45) is 34.9. The number of amides is 1. The van der Waals surface area contributed by atoms with Crippen LogP contribution >= 0.6 is 0 Å². The molecule has 1 amide bonds. The van der Waals surface area contributed by atoms with Crippen molar-refractivity contribution in [2.45, 2.75) is 256 Å². The fraction of sp³-hybridized carbons (Fsp3) is 0.857. The molecule has 0 aromatic carbocycles. The quantitative estimate of drug-likeness (QED) is 0.0181. The van der Waals surface area contributed by atoms with Crippen molar-refractivity contribution in [2.24, 2.45) is 0 Å². The number of aliphatic hydroxyl groups is 6. The molecule has 1 saturated heterocycles. The van der Waals surface area contributed by atoms with Gasteiger partial charge in [0, 0.05) is 0 Å². The maximum Gasteiger partial charge on any atom is 0.249 e. The van der Waals surface area contributed by atoms with E-state index >= 15 is 0 Å². The highest BCUT2D eigenvalue weighted by Gasteiger charge is 2.44. The third-order valence-corrected chi connectivity index (χ3v) is 11.7. The lowest BCUT2D eigenvalue weighted by atomic mass is 9.99. The number of ether oxygens (including phenoxy) is 2. The smallest absolute Gasteiger partial charge is 0.249 e. The zero-order valence-electron chi connectivity index (χ0n) is 37.8. The number of carbonyl (C=O) groups excluding carboxylic acids is 1. The Morgan fingerprint density at radius 1 is 0.644 bits per heavy atom. The van der Waals surface area contributed by atoms with Crippen molar-refractivity contribution in [1.82, 2.24) is 5.32 Å². The van der Waals surface area contributed by atoms with Crippen LogP contribution in [-0.4, -0.2) is 98.7 Å². The first-order valence-electron chi connectivity index (χ1n) is 24.2. The number of aliphatic hydroxyl groups excluding tert-OH is 6. The van der Waals surface area contributed by atoms with Gasteiger partial charge in [-0.25, -0.2) is 0 Å². The number of carbonyl (C=O) groups is 1. The molecule has 0 saturated carbocycles. The Labute approximate surface area is 360 Å². The van der Waals surface area contributed by atoms with E-state index in [2.05, 4.69) is 44.3 Å². The van der Waals surface area contributed by atoms with Gasteiger partial charge in [-0.15, -0.1) is 0 Å². The molecule has 0 spiro atoms. The van der Waals surface area contributed by atoms with Crippen LogP contribution in [0, 0.1) is 0 Å². The zero-order chi connectivity index (χ0) is 43.4. The molecule has 10 nitrogen and oxygen atoms in total.